The van der Waals surface area contributed by atoms with Crippen molar-refractivity contribution in [1.82, 2.24) is 4.90 Å². The van der Waals surface area contributed by atoms with Crippen LogP contribution in [-0.4, -0.2) is 43.2 Å². The number of ether oxygens (including phenoxy) is 1. The topological polar surface area (TPSA) is 55.6 Å². The van der Waals surface area contributed by atoms with Crippen molar-refractivity contribution in [2.75, 3.05) is 20.2 Å². The molecule has 0 spiro atoms. The molecule has 0 aliphatic carbocycles. The summed E-state index contributed by atoms with van der Waals surface area (Å²) in [6.07, 6.45) is 1.88. The first-order chi connectivity index (χ1) is 10.7. The zero-order valence-electron chi connectivity index (χ0n) is 12.9. The Morgan fingerprint density at radius 3 is 2.77 bits per heavy atom. The van der Waals surface area contributed by atoms with Gasteiger partial charge in [-0.2, -0.15) is 0 Å². The average molecular weight is 298 g/mol. The average Bonchev–Trinajstić information content (AvgIpc) is 2.60. The van der Waals surface area contributed by atoms with Crippen molar-refractivity contribution < 1.29 is 9.53 Å². The van der Waals surface area contributed by atoms with E-state index in [9.17, 15) is 4.79 Å². The zero-order chi connectivity index (χ0) is 15.5. The molecule has 0 bridgehead atoms. The van der Waals surface area contributed by atoms with Gasteiger partial charge in [0.15, 0.2) is 0 Å². The van der Waals surface area contributed by atoms with Crippen LogP contribution in [0.2, 0.25) is 0 Å². The standard InChI is InChI=1S/C18H22N2O2/c1-22-17-8-9-20(16(11-17)12-19)18(21)15-7-6-13-4-2-3-5-14(13)10-15/h2-7,10,16-17H,8-9,11-12,19H2,1H3. The molecule has 1 heterocycles. The normalized spacial score (nSPS) is 22.0. The van der Waals surface area contributed by atoms with E-state index in [1.54, 1.807) is 7.11 Å². The van der Waals surface area contributed by atoms with Crippen LogP contribution in [0.4, 0.5) is 0 Å². The van der Waals surface area contributed by atoms with E-state index in [1.807, 2.05) is 41.3 Å². The molecule has 2 atom stereocenters. The smallest absolute Gasteiger partial charge is 0.254 e. The van der Waals surface area contributed by atoms with Crippen molar-refractivity contribution >= 4 is 16.7 Å². The molecule has 2 unspecified atom stereocenters. The van der Waals surface area contributed by atoms with Gasteiger partial charge in [0.2, 0.25) is 0 Å². The Labute approximate surface area is 130 Å². The number of carbonyl (C=O) groups excluding carboxylic acids is 1. The molecule has 2 N–H and O–H groups in total. The zero-order valence-corrected chi connectivity index (χ0v) is 12.9. The third kappa shape index (κ3) is 2.85. The number of nitrogens with zero attached hydrogens (tertiary/aromatic N) is 1. The van der Waals surface area contributed by atoms with Gasteiger partial charge in [0.05, 0.1) is 6.10 Å². The fourth-order valence-electron chi connectivity index (χ4n) is 3.21. The molecular weight excluding hydrogens is 276 g/mol. The Balaban J connectivity index is 1.85. The lowest BCUT2D eigenvalue weighted by Gasteiger charge is -2.38. The Morgan fingerprint density at radius 2 is 2.05 bits per heavy atom. The van der Waals surface area contributed by atoms with Gasteiger partial charge in [-0.1, -0.05) is 30.3 Å². The number of fused-ring (bicyclic) bond motifs is 1. The first-order valence-corrected chi connectivity index (χ1v) is 7.75. The highest BCUT2D eigenvalue weighted by atomic mass is 16.5. The Hall–Kier alpha value is -1.91. The first kappa shape index (κ1) is 15.0. The van der Waals surface area contributed by atoms with Gasteiger partial charge in [-0.25, -0.2) is 0 Å². The molecule has 116 valence electrons. The molecule has 1 saturated heterocycles. The molecule has 1 aliphatic rings. The molecule has 2 aromatic carbocycles. The molecule has 1 fully saturated rings. The van der Waals surface area contributed by atoms with Crippen molar-refractivity contribution in [3.8, 4) is 0 Å². The van der Waals surface area contributed by atoms with Crippen molar-refractivity contribution in [2.45, 2.75) is 25.0 Å². The highest BCUT2D eigenvalue weighted by molar-refractivity contribution is 5.98. The summed E-state index contributed by atoms with van der Waals surface area (Å²) >= 11 is 0. The van der Waals surface area contributed by atoms with Crippen LogP contribution in [-0.2, 0) is 4.74 Å². The molecule has 4 heteroatoms. The number of benzene rings is 2. The summed E-state index contributed by atoms with van der Waals surface area (Å²) in [6, 6.07) is 14.0. The largest absolute Gasteiger partial charge is 0.381 e. The maximum Gasteiger partial charge on any atom is 0.254 e. The monoisotopic (exact) mass is 298 g/mol. The van der Waals surface area contributed by atoms with Gasteiger partial charge < -0.3 is 15.4 Å². The summed E-state index contributed by atoms with van der Waals surface area (Å²) in [5.74, 6) is 0.0655. The quantitative estimate of drug-likeness (QED) is 0.947. The van der Waals surface area contributed by atoms with Gasteiger partial charge in [-0.15, -0.1) is 0 Å². The van der Waals surface area contributed by atoms with Crippen molar-refractivity contribution in [3.63, 3.8) is 0 Å². The number of hydrogen-bond donors (Lipinski definition) is 1. The summed E-state index contributed by atoms with van der Waals surface area (Å²) in [7, 11) is 1.72. The summed E-state index contributed by atoms with van der Waals surface area (Å²) in [6.45, 7) is 1.17. The predicted octanol–water partition coefficient (Wildman–Crippen LogP) is 2.42. The highest BCUT2D eigenvalue weighted by Gasteiger charge is 2.31. The van der Waals surface area contributed by atoms with Gasteiger partial charge in [-0.3, -0.25) is 4.79 Å². The Bertz CT molecular complexity index is 671. The molecular formula is C18H22N2O2. The number of rotatable bonds is 3. The van der Waals surface area contributed by atoms with Gasteiger partial charge in [0.1, 0.15) is 0 Å². The maximum atomic E-state index is 12.8. The number of nitrogens with two attached hydrogens (primary N) is 1. The van der Waals surface area contributed by atoms with Gasteiger partial charge in [0, 0.05) is 31.8 Å². The number of amides is 1. The van der Waals surface area contributed by atoms with E-state index in [0.717, 1.165) is 29.2 Å². The van der Waals surface area contributed by atoms with Gasteiger partial charge in [0.25, 0.3) is 5.91 Å². The summed E-state index contributed by atoms with van der Waals surface area (Å²) < 4.78 is 5.42. The van der Waals surface area contributed by atoms with Crippen LogP contribution in [0.15, 0.2) is 42.5 Å². The van der Waals surface area contributed by atoms with E-state index in [0.29, 0.717) is 13.1 Å². The lowest BCUT2D eigenvalue weighted by atomic mass is 9.97. The van der Waals surface area contributed by atoms with Crippen LogP contribution < -0.4 is 5.73 Å². The van der Waals surface area contributed by atoms with E-state index in [2.05, 4.69) is 6.07 Å². The van der Waals surface area contributed by atoms with Crippen LogP contribution >= 0.6 is 0 Å². The highest BCUT2D eigenvalue weighted by Crippen LogP contribution is 2.23. The molecule has 0 radical (unpaired) electrons. The number of likely N-dealkylation sites (tertiary alicyclic amines) is 1. The minimum atomic E-state index is 0.0534. The van der Waals surface area contributed by atoms with Crippen LogP contribution in [0.1, 0.15) is 23.2 Å². The fraction of sp³-hybridized carbons (Fsp3) is 0.389. The fourth-order valence-corrected chi connectivity index (χ4v) is 3.21. The van der Waals surface area contributed by atoms with E-state index in [-0.39, 0.29) is 18.1 Å². The molecule has 22 heavy (non-hydrogen) atoms. The SMILES string of the molecule is COC1CCN(C(=O)c2ccc3ccccc3c2)C(CN)C1. The van der Waals surface area contributed by atoms with Gasteiger partial charge in [-0.05, 0) is 35.7 Å². The van der Waals surface area contributed by atoms with E-state index in [4.69, 9.17) is 10.5 Å². The Kier molecular flexibility index (Phi) is 4.41. The number of carbonyl (C=O) groups is 1. The third-order valence-corrected chi connectivity index (χ3v) is 4.53. The third-order valence-electron chi connectivity index (χ3n) is 4.53. The Morgan fingerprint density at radius 1 is 1.27 bits per heavy atom. The van der Waals surface area contributed by atoms with Crippen molar-refractivity contribution in [2.24, 2.45) is 5.73 Å². The maximum absolute atomic E-state index is 12.8. The lowest BCUT2D eigenvalue weighted by Crippen LogP contribution is -2.51. The second kappa shape index (κ2) is 6.46. The molecule has 0 aromatic heterocycles. The minimum Gasteiger partial charge on any atom is -0.381 e. The minimum absolute atomic E-state index is 0.0534. The molecule has 1 aliphatic heterocycles. The van der Waals surface area contributed by atoms with E-state index >= 15 is 0 Å². The van der Waals surface area contributed by atoms with Crippen molar-refractivity contribution in [1.29, 1.82) is 0 Å². The summed E-state index contributed by atoms with van der Waals surface area (Å²) in [4.78, 5) is 14.7. The number of methoxy groups -OCH3 is 1. The van der Waals surface area contributed by atoms with Crippen LogP contribution in [0.5, 0.6) is 0 Å². The molecule has 2 aromatic rings. The van der Waals surface area contributed by atoms with Crippen LogP contribution in [0, 0.1) is 0 Å². The molecule has 3 rings (SSSR count). The van der Waals surface area contributed by atoms with Crippen molar-refractivity contribution in [3.05, 3.63) is 48.0 Å². The van der Waals surface area contributed by atoms with Crippen LogP contribution in [0.3, 0.4) is 0 Å². The summed E-state index contributed by atoms with van der Waals surface area (Å²) in [5.41, 5.74) is 6.60. The number of piperidine rings is 1. The second-order valence-corrected chi connectivity index (χ2v) is 5.83. The van der Waals surface area contributed by atoms with Gasteiger partial charge >= 0.3 is 0 Å². The number of hydrogen-bond acceptors (Lipinski definition) is 3. The van der Waals surface area contributed by atoms with E-state index < -0.39 is 0 Å². The van der Waals surface area contributed by atoms with Crippen LogP contribution in [0.25, 0.3) is 10.8 Å². The lowest BCUT2D eigenvalue weighted by molar-refractivity contribution is 0.0139. The molecule has 4 nitrogen and oxygen atoms in total. The first-order valence-electron chi connectivity index (χ1n) is 7.75. The summed E-state index contributed by atoms with van der Waals surface area (Å²) in [5, 5.41) is 2.23. The second-order valence-electron chi connectivity index (χ2n) is 5.83. The van der Waals surface area contributed by atoms with E-state index in [1.165, 1.54) is 0 Å². The molecule has 0 saturated carbocycles. The predicted molar refractivity (Wildman–Crippen MR) is 87.9 cm³/mol. The molecule has 1 amide bonds.